The first-order valence-corrected chi connectivity index (χ1v) is 6.52. The third-order valence-corrected chi connectivity index (χ3v) is 3.11. The Labute approximate surface area is 121 Å². The van der Waals surface area contributed by atoms with E-state index >= 15 is 0 Å². The average Bonchev–Trinajstić information content (AvgIpc) is 2.86. The Kier molecular flexibility index (Phi) is 4.24. The predicted molar refractivity (Wildman–Crippen MR) is 76.1 cm³/mol. The standard InChI is InChI=1S/C13H15ClN4O2/c1-8(2)18-12(16-7-17-18)6-15-9-3-4-11(14)10(5-9)13(19)20/h3-5,7-8,15H,6H2,1-2H3,(H,19,20). The fourth-order valence-electron chi connectivity index (χ4n) is 1.81. The number of hydrogen-bond acceptors (Lipinski definition) is 4. The number of nitrogens with one attached hydrogen (secondary N) is 1. The number of hydrogen-bond donors (Lipinski definition) is 2. The summed E-state index contributed by atoms with van der Waals surface area (Å²) in [6.45, 7) is 4.49. The summed E-state index contributed by atoms with van der Waals surface area (Å²) >= 11 is 5.82. The maximum absolute atomic E-state index is 11.0. The Bertz CT molecular complexity index is 625. The number of rotatable bonds is 5. The Hall–Kier alpha value is -2.08. The molecule has 0 spiro atoms. The maximum Gasteiger partial charge on any atom is 0.337 e. The molecule has 1 aromatic heterocycles. The Morgan fingerprint density at radius 2 is 2.25 bits per heavy atom. The van der Waals surface area contributed by atoms with Crippen molar-refractivity contribution in [2.24, 2.45) is 0 Å². The highest BCUT2D eigenvalue weighted by molar-refractivity contribution is 6.33. The van der Waals surface area contributed by atoms with Gasteiger partial charge in [-0.05, 0) is 32.0 Å². The summed E-state index contributed by atoms with van der Waals surface area (Å²) < 4.78 is 1.81. The first kappa shape index (κ1) is 14.3. The van der Waals surface area contributed by atoms with Crippen molar-refractivity contribution in [2.75, 3.05) is 5.32 Å². The highest BCUT2D eigenvalue weighted by atomic mass is 35.5. The lowest BCUT2D eigenvalue weighted by molar-refractivity contribution is 0.0697. The molecule has 7 heteroatoms. The van der Waals surface area contributed by atoms with Crippen molar-refractivity contribution in [3.8, 4) is 0 Å². The van der Waals surface area contributed by atoms with Crippen molar-refractivity contribution in [1.82, 2.24) is 14.8 Å². The van der Waals surface area contributed by atoms with Crippen molar-refractivity contribution in [1.29, 1.82) is 0 Å². The van der Waals surface area contributed by atoms with E-state index in [4.69, 9.17) is 16.7 Å². The SMILES string of the molecule is CC(C)n1ncnc1CNc1ccc(Cl)c(C(=O)O)c1. The van der Waals surface area contributed by atoms with Gasteiger partial charge in [0.25, 0.3) is 0 Å². The summed E-state index contributed by atoms with van der Waals surface area (Å²) in [4.78, 5) is 15.2. The summed E-state index contributed by atoms with van der Waals surface area (Å²) in [6.07, 6.45) is 1.50. The van der Waals surface area contributed by atoms with Crippen molar-refractivity contribution in [3.05, 3.63) is 40.9 Å². The van der Waals surface area contributed by atoms with E-state index in [0.29, 0.717) is 12.2 Å². The van der Waals surface area contributed by atoms with E-state index in [-0.39, 0.29) is 16.6 Å². The maximum atomic E-state index is 11.0. The largest absolute Gasteiger partial charge is 0.478 e. The lowest BCUT2D eigenvalue weighted by Gasteiger charge is -2.11. The Morgan fingerprint density at radius 3 is 2.90 bits per heavy atom. The van der Waals surface area contributed by atoms with Crippen molar-refractivity contribution < 1.29 is 9.90 Å². The van der Waals surface area contributed by atoms with Gasteiger partial charge in [-0.25, -0.2) is 14.5 Å². The summed E-state index contributed by atoms with van der Waals surface area (Å²) in [5, 5.41) is 16.5. The molecule has 0 bridgehead atoms. The molecule has 0 unspecified atom stereocenters. The molecular formula is C13H15ClN4O2. The zero-order valence-electron chi connectivity index (χ0n) is 11.2. The third kappa shape index (κ3) is 3.08. The molecule has 0 aliphatic heterocycles. The summed E-state index contributed by atoms with van der Waals surface area (Å²) in [6, 6.07) is 5.00. The van der Waals surface area contributed by atoms with Crippen LogP contribution in [0.2, 0.25) is 5.02 Å². The fraction of sp³-hybridized carbons (Fsp3) is 0.308. The zero-order chi connectivity index (χ0) is 14.7. The molecule has 0 aliphatic carbocycles. The second kappa shape index (κ2) is 5.92. The minimum absolute atomic E-state index is 0.0713. The van der Waals surface area contributed by atoms with Crippen LogP contribution in [0.4, 0.5) is 5.69 Å². The van der Waals surface area contributed by atoms with Gasteiger partial charge in [0.2, 0.25) is 0 Å². The molecule has 1 heterocycles. The molecule has 2 N–H and O–H groups in total. The molecule has 0 aliphatic rings. The number of carboxylic acids is 1. The number of carbonyl (C=O) groups is 1. The number of carboxylic acid groups (broad SMARTS) is 1. The summed E-state index contributed by atoms with van der Waals surface area (Å²) in [7, 11) is 0. The minimum atomic E-state index is -1.05. The topological polar surface area (TPSA) is 80.0 Å². The van der Waals surface area contributed by atoms with Crippen molar-refractivity contribution >= 4 is 23.3 Å². The Balaban J connectivity index is 2.13. The molecule has 0 atom stereocenters. The van der Waals surface area contributed by atoms with Crippen LogP contribution < -0.4 is 5.32 Å². The molecule has 20 heavy (non-hydrogen) atoms. The van der Waals surface area contributed by atoms with Gasteiger partial charge < -0.3 is 10.4 Å². The van der Waals surface area contributed by atoms with Crippen LogP contribution in [0.1, 0.15) is 36.1 Å². The highest BCUT2D eigenvalue weighted by Crippen LogP contribution is 2.21. The number of anilines is 1. The van der Waals surface area contributed by atoms with Gasteiger partial charge >= 0.3 is 5.97 Å². The molecule has 106 valence electrons. The number of halogens is 1. The van der Waals surface area contributed by atoms with Gasteiger partial charge in [-0.3, -0.25) is 0 Å². The van der Waals surface area contributed by atoms with Crippen LogP contribution in [0.15, 0.2) is 24.5 Å². The molecule has 6 nitrogen and oxygen atoms in total. The van der Waals surface area contributed by atoms with E-state index in [2.05, 4.69) is 15.4 Å². The van der Waals surface area contributed by atoms with E-state index in [1.54, 1.807) is 16.8 Å². The fourth-order valence-corrected chi connectivity index (χ4v) is 2.01. The molecule has 0 saturated carbocycles. The molecule has 1 aromatic carbocycles. The van der Waals surface area contributed by atoms with Gasteiger partial charge in [0.15, 0.2) is 0 Å². The first-order chi connectivity index (χ1) is 9.49. The van der Waals surface area contributed by atoms with Crippen LogP contribution in [-0.2, 0) is 6.54 Å². The van der Waals surface area contributed by atoms with Crippen LogP contribution in [0.3, 0.4) is 0 Å². The molecule has 0 saturated heterocycles. The second-order valence-electron chi connectivity index (χ2n) is 4.57. The molecule has 0 fully saturated rings. The van der Waals surface area contributed by atoms with Crippen LogP contribution >= 0.6 is 11.6 Å². The highest BCUT2D eigenvalue weighted by Gasteiger charge is 2.11. The monoisotopic (exact) mass is 294 g/mol. The van der Waals surface area contributed by atoms with E-state index < -0.39 is 5.97 Å². The molecule has 2 rings (SSSR count). The Morgan fingerprint density at radius 1 is 1.50 bits per heavy atom. The first-order valence-electron chi connectivity index (χ1n) is 6.14. The molecular weight excluding hydrogens is 280 g/mol. The van der Waals surface area contributed by atoms with E-state index in [0.717, 1.165) is 5.82 Å². The van der Waals surface area contributed by atoms with Gasteiger partial charge in [-0.1, -0.05) is 11.6 Å². The molecule has 2 aromatic rings. The number of aromatic carboxylic acids is 1. The minimum Gasteiger partial charge on any atom is -0.478 e. The quantitative estimate of drug-likeness (QED) is 0.886. The molecule has 0 radical (unpaired) electrons. The van der Waals surface area contributed by atoms with E-state index in [1.165, 1.54) is 12.4 Å². The van der Waals surface area contributed by atoms with Crippen molar-refractivity contribution in [2.45, 2.75) is 26.4 Å². The number of nitrogens with zero attached hydrogens (tertiary/aromatic N) is 3. The van der Waals surface area contributed by atoms with Crippen LogP contribution in [0, 0.1) is 0 Å². The van der Waals surface area contributed by atoms with Gasteiger partial charge in [0.05, 0.1) is 17.1 Å². The van der Waals surface area contributed by atoms with Crippen LogP contribution in [0.25, 0.3) is 0 Å². The molecule has 0 amide bonds. The normalized spacial score (nSPS) is 10.8. The van der Waals surface area contributed by atoms with Gasteiger partial charge in [-0.15, -0.1) is 0 Å². The van der Waals surface area contributed by atoms with Crippen LogP contribution in [0.5, 0.6) is 0 Å². The number of benzene rings is 1. The second-order valence-corrected chi connectivity index (χ2v) is 4.98. The smallest absolute Gasteiger partial charge is 0.337 e. The lowest BCUT2D eigenvalue weighted by Crippen LogP contribution is -2.12. The van der Waals surface area contributed by atoms with E-state index in [9.17, 15) is 4.79 Å². The lowest BCUT2D eigenvalue weighted by atomic mass is 10.2. The van der Waals surface area contributed by atoms with E-state index in [1.807, 2.05) is 13.8 Å². The third-order valence-electron chi connectivity index (χ3n) is 2.78. The zero-order valence-corrected chi connectivity index (χ0v) is 11.9. The number of aromatic nitrogens is 3. The predicted octanol–water partition coefficient (Wildman–Crippen LogP) is 2.82. The van der Waals surface area contributed by atoms with Gasteiger partial charge in [0.1, 0.15) is 12.2 Å². The van der Waals surface area contributed by atoms with Crippen LogP contribution in [-0.4, -0.2) is 25.8 Å². The average molecular weight is 295 g/mol. The summed E-state index contributed by atoms with van der Waals surface area (Å²) in [5.41, 5.74) is 0.743. The van der Waals surface area contributed by atoms with Gasteiger partial charge in [-0.2, -0.15) is 5.10 Å². The van der Waals surface area contributed by atoms with Crippen molar-refractivity contribution in [3.63, 3.8) is 0 Å². The van der Waals surface area contributed by atoms with Gasteiger partial charge in [0, 0.05) is 11.7 Å². The summed E-state index contributed by atoms with van der Waals surface area (Å²) in [5.74, 6) is -0.268.